The fourth-order valence-electron chi connectivity index (χ4n) is 2.17. The first kappa shape index (κ1) is 14.0. The van der Waals surface area contributed by atoms with Crippen molar-refractivity contribution in [3.8, 4) is 0 Å². The highest BCUT2D eigenvalue weighted by Gasteiger charge is 2.13. The molecule has 1 heterocycles. The molecule has 19 heavy (non-hydrogen) atoms. The van der Waals surface area contributed by atoms with E-state index in [0.29, 0.717) is 28.5 Å². The van der Waals surface area contributed by atoms with Gasteiger partial charge in [0.15, 0.2) is 0 Å². The van der Waals surface area contributed by atoms with Crippen LogP contribution in [0, 0.1) is 0 Å². The fourth-order valence-corrected chi connectivity index (χ4v) is 2.43. The van der Waals surface area contributed by atoms with E-state index >= 15 is 0 Å². The first-order chi connectivity index (χ1) is 9.04. The van der Waals surface area contributed by atoms with Crippen molar-refractivity contribution in [1.82, 2.24) is 14.5 Å². The van der Waals surface area contributed by atoms with Crippen LogP contribution >= 0.6 is 11.6 Å². The number of benzene rings is 1. The van der Waals surface area contributed by atoms with Gasteiger partial charge in [-0.15, -0.1) is 0 Å². The van der Waals surface area contributed by atoms with E-state index in [2.05, 4.69) is 16.8 Å². The Morgan fingerprint density at radius 2 is 2.16 bits per heavy atom. The van der Waals surface area contributed by atoms with Gasteiger partial charge in [0.05, 0.1) is 22.3 Å². The van der Waals surface area contributed by atoms with E-state index in [1.165, 1.54) is 0 Å². The van der Waals surface area contributed by atoms with Crippen LogP contribution in [0.4, 0.5) is 0 Å². The molecule has 0 bridgehead atoms. The average molecular weight is 280 g/mol. The van der Waals surface area contributed by atoms with Crippen LogP contribution < -0.4 is 5.56 Å². The smallest absolute Gasteiger partial charge is 0.262 e. The second kappa shape index (κ2) is 5.72. The van der Waals surface area contributed by atoms with Gasteiger partial charge in [-0.1, -0.05) is 24.6 Å². The molecular formula is C14H18ClN3O. The summed E-state index contributed by atoms with van der Waals surface area (Å²) in [7, 11) is 4.03. The molecule has 0 radical (unpaired) electrons. The molecule has 0 unspecified atom stereocenters. The third kappa shape index (κ3) is 2.80. The zero-order chi connectivity index (χ0) is 14.0. The van der Waals surface area contributed by atoms with Gasteiger partial charge in [-0.05, 0) is 32.6 Å². The van der Waals surface area contributed by atoms with E-state index in [1.54, 1.807) is 29.1 Å². The lowest BCUT2D eigenvalue weighted by Crippen LogP contribution is -2.35. The molecule has 2 aromatic rings. The van der Waals surface area contributed by atoms with Gasteiger partial charge in [-0.2, -0.15) is 0 Å². The Hall–Kier alpha value is -1.39. The molecule has 0 N–H and O–H groups in total. The first-order valence-corrected chi connectivity index (χ1v) is 6.72. The number of halogens is 1. The Kier molecular flexibility index (Phi) is 4.22. The van der Waals surface area contributed by atoms with Gasteiger partial charge in [0.1, 0.15) is 0 Å². The maximum Gasteiger partial charge on any atom is 0.262 e. The Morgan fingerprint density at radius 3 is 2.79 bits per heavy atom. The van der Waals surface area contributed by atoms with Crippen LogP contribution in [-0.2, 0) is 6.54 Å². The molecule has 2 rings (SSSR count). The van der Waals surface area contributed by atoms with Crippen LogP contribution in [0.2, 0.25) is 5.02 Å². The predicted molar refractivity (Wildman–Crippen MR) is 78.8 cm³/mol. The Morgan fingerprint density at radius 1 is 1.42 bits per heavy atom. The van der Waals surface area contributed by atoms with Crippen molar-refractivity contribution in [2.24, 2.45) is 0 Å². The lowest BCUT2D eigenvalue weighted by atomic mass is 10.2. The summed E-state index contributed by atoms with van der Waals surface area (Å²) in [6.45, 7) is 2.73. The molecule has 1 atom stereocenters. The Labute approximate surface area is 117 Å². The average Bonchev–Trinajstić information content (AvgIpc) is 2.37. The number of hydrogen-bond acceptors (Lipinski definition) is 3. The molecule has 102 valence electrons. The van der Waals surface area contributed by atoms with Gasteiger partial charge < -0.3 is 4.90 Å². The molecule has 0 aliphatic heterocycles. The highest BCUT2D eigenvalue weighted by molar-refractivity contribution is 6.35. The summed E-state index contributed by atoms with van der Waals surface area (Å²) in [5.41, 5.74) is 0.572. The number of likely N-dealkylation sites (N-methyl/N-ethyl adjacent to an activating group) is 1. The number of aromatic nitrogens is 2. The van der Waals surface area contributed by atoms with Gasteiger partial charge in [-0.25, -0.2) is 4.98 Å². The summed E-state index contributed by atoms with van der Waals surface area (Å²) >= 11 is 6.10. The van der Waals surface area contributed by atoms with Crippen LogP contribution in [0.25, 0.3) is 10.9 Å². The quantitative estimate of drug-likeness (QED) is 0.862. The van der Waals surface area contributed by atoms with Crippen LogP contribution in [0.3, 0.4) is 0 Å². The Balaban J connectivity index is 2.49. The molecular weight excluding hydrogens is 262 g/mol. The molecule has 1 aromatic carbocycles. The number of fused-ring (bicyclic) bond motifs is 1. The number of rotatable bonds is 4. The van der Waals surface area contributed by atoms with Gasteiger partial charge in [0, 0.05) is 12.6 Å². The highest BCUT2D eigenvalue weighted by atomic mass is 35.5. The molecule has 0 aliphatic carbocycles. The van der Waals surface area contributed by atoms with Gasteiger partial charge in [-0.3, -0.25) is 9.36 Å². The van der Waals surface area contributed by atoms with E-state index in [0.717, 1.165) is 6.42 Å². The fraction of sp³-hybridized carbons (Fsp3) is 0.429. The van der Waals surface area contributed by atoms with E-state index < -0.39 is 0 Å². The van der Waals surface area contributed by atoms with Gasteiger partial charge in [0.2, 0.25) is 0 Å². The first-order valence-electron chi connectivity index (χ1n) is 6.34. The zero-order valence-corrected chi connectivity index (χ0v) is 12.2. The van der Waals surface area contributed by atoms with Crippen LogP contribution in [0.15, 0.2) is 29.3 Å². The summed E-state index contributed by atoms with van der Waals surface area (Å²) in [5, 5.41) is 0.961. The second-order valence-corrected chi connectivity index (χ2v) is 5.27. The molecule has 0 aliphatic rings. The SMILES string of the molecule is CC[C@H](Cn1cnc2cccc(Cl)c2c1=O)N(C)C. The predicted octanol–water partition coefficient (Wildman–Crippen LogP) is 2.39. The summed E-state index contributed by atoms with van der Waals surface area (Å²) in [6, 6.07) is 5.63. The largest absolute Gasteiger partial charge is 0.305 e. The normalized spacial score (nSPS) is 13.1. The summed E-state index contributed by atoms with van der Waals surface area (Å²) < 4.78 is 1.64. The van der Waals surface area contributed by atoms with Gasteiger partial charge >= 0.3 is 0 Å². The van der Waals surface area contributed by atoms with Crippen LogP contribution in [0.5, 0.6) is 0 Å². The van der Waals surface area contributed by atoms with E-state index in [9.17, 15) is 4.79 Å². The number of hydrogen-bond donors (Lipinski definition) is 0. The molecule has 0 spiro atoms. The molecule has 0 fully saturated rings. The molecule has 0 amide bonds. The minimum atomic E-state index is -0.0732. The van der Waals surface area contributed by atoms with Crippen molar-refractivity contribution in [3.05, 3.63) is 39.9 Å². The Bertz CT molecular complexity index is 636. The molecule has 0 saturated heterocycles. The molecule has 1 aromatic heterocycles. The minimum absolute atomic E-state index is 0.0732. The summed E-state index contributed by atoms with van der Waals surface area (Å²) in [4.78, 5) is 18.9. The van der Waals surface area contributed by atoms with E-state index in [-0.39, 0.29) is 5.56 Å². The molecule has 0 saturated carbocycles. The van der Waals surface area contributed by atoms with Crippen molar-refractivity contribution >= 4 is 22.5 Å². The maximum atomic E-state index is 12.4. The summed E-state index contributed by atoms with van der Waals surface area (Å²) in [6.07, 6.45) is 2.58. The van der Waals surface area contributed by atoms with Crippen molar-refractivity contribution in [3.63, 3.8) is 0 Å². The van der Waals surface area contributed by atoms with Crippen molar-refractivity contribution in [1.29, 1.82) is 0 Å². The lowest BCUT2D eigenvalue weighted by Gasteiger charge is -2.23. The second-order valence-electron chi connectivity index (χ2n) is 4.86. The van der Waals surface area contributed by atoms with Crippen molar-refractivity contribution < 1.29 is 0 Å². The van der Waals surface area contributed by atoms with Crippen molar-refractivity contribution in [2.75, 3.05) is 14.1 Å². The monoisotopic (exact) mass is 279 g/mol. The van der Waals surface area contributed by atoms with Crippen LogP contribution in [0.1, 0.15) is 13.3 Å². The van der Waals surface area contributed by atoms with Crippen LogP contribution in [-0.4, -0.2) is 34.6 Å². The molecule has 5 heteroatoms. The standard InChI is InChI=1S/C14H18ClN3O/c1-4-10(17(2)3)8-18-9-16-12-7-5-6-11(15)13(12)14(18)19/h5-7,9-10H,4,8H2,1-3H3/t10-/m1/s1. The van der Waals surface area contributed by atoms with Crippen molar-refractivity contribution in [2.45, 2.75) is 25.9 Å². The number of nitrogens with zero attached hydrogens (tertiary/aromatic N) is 3. The molecule has 4 nitrogen and oxygen atoms in total. The maximum absolute atomic E-state index is 12.4. The topological polar surface area (TPSA) is 38.1 Å². The van der Waals surface area contributed by atoms with Gasteiger partial charge in [0.25, 0.3) is 5.56 Å². The highest BCUT2D eigenvalue weighted by Crippen LogP contribution is 2.17. The third-order valence-electron chi connectivity index (χ3n) is 3.41. The zero-order valence-electron chi connectivity index (χ0n) is 11.4. The van der Waals surface area contributed by atoms with E-state index in [1.807, 2.05) is 14.1 Å². The summed E-state index contributed by atoms with van der Waals surface area (Å²) in [5.74, 6) is 0. The third-order valence-corrected chi connectivity index (χ3v) is 3.73. The van der Waals surface area contributed by atoms with E-state index in [4.69, 9.17) is 11.6 Å². The lowest BCUT2D eigenvalue weighted by molar-refractivity contribution is 0.255. The minimum Gasteiger partial charge on any atom is -0.305 e.